The van der Waals surface area contributed by atoms with Gasteiger partial charge in [0.25, 0.3) is 0 Å². The predicted molar refractivity (Wildman–Crippen MR) is 86.2 cm³/mol. The van der Waals surface area contributed by atoms with E-state index < -0.39 is 6.17 Å². The van der Waals surface area contributed by atoms with Crippen LogP contribution in [0.1, 0.15) is 41.2 Å². The van der Waals surface area contributed by atoms with Crippen LogP contribution in [0.4, 0.5) is 4.39 Å². The summed E-state index contributed by atoms with van der Waals surface area (Å²) in [6.45, 7) is 5.47. The molecule has 0 aliphatic heterocycles. The fourth-order valence-electron chi connectivity index (χ4n) is 2.78. The van der Waals surface area contributed by atoms with Crippen molar-refractivity contribution < 1.29 is 4.39 Å². The summed E-state index contributed by atoms with van der Waals surface area (Å²) >= 11 is 5.99. The Morgan fingerprint density at radius 1 is 1.23 bits per heavy atom. The van der Waals surface area contributed by atoms with Crippen LogP contribution >= 0.6 is 11.6 Å². The monoisotopic (exact) mass is 317 g/mol. The number of benzene rings is 1. The molecule has 0 bridgehead atoms. The summed E-state index contributed by atoms with van der Waals surface area (Å²) in [6, 6.07) is 9.32. The minimum absolute atomic E-state index is 0.425. The van der Waals surface area contributed by atoms with Crippen LogP contribution in [0.2, 0.25) is 5.15 Å². The van der Waals surface area contributed by atoms with Crippen LogP contribution in [0.15, 0.2) is 30.3 Å². The Morgan fingerprint density at radius 2 is 2.00 bits per heavy atom. The third-order valence-electron chi connectivity index (χ3n) is 4.01. The van der Waals surface area contributed by atoms with Gasteiger partial charge in [-0.3, -0.25) is 0 Å². The largest absolute Gasteiger partial charge is 0.243 e. The SMILES string of the molecule is Cc1nc2ccc(Cl)nn2c1Cc1cccc(C(C)F)c1C. The maximum atomic E-state index is 13.7. The zero-order chi connectivity index (χ0) is 15.9. The number of hydrogen-bond donors (Lipinski definition) is 0. The van der Waals surface area contributed by atoms with Crippen molar-refractivity contribution in [1.82, 2.24) is 14.6 Å². The zero-order valence-corrected chi connectivity index (χ0v) is 13.5. The molecule has 114 valence electrons. The minimum atomic E-state index is -0.976. The van der Waals surface area contributed by atoms with Crippen molar-refractivity contribution in [3.05, 3.63) is 63.6 Å². The van der Waals surface area contributed by atoms with Crippen LogP contribution in [-0.2, 0) is 6.42 Å². The topological polar surface area (TPSA) is 30.2 Å². The van der Waals surface area contributed by atoms with E-state index in [9.17, 15) is 4.39 Å². The molecule has 0 radical (unpaired) electrons. The lowest BCUT2D eigenvalue weighted by Gasteiger charge is -2.12. The van der Waals surface area contributed by atoms with Crippen LogP contribution in [0.3, 0.4) is 0 Å². The molecule has 3 nitrogen and oxygen atoms in total. The molecule has 0 fully saturated rings. The van der Waals surface area contributed by atoms with Gasteiger partial charge in [0.15, 0.2) is 5.65 Å². The van der Waals surface area contributed by atoms with Gasteiger partial charge in [0.2, 0.25) is 0 Å². The molecule has 1 aromatic carbocycles. The molecule has 0 spiro atoms. The number of hydrogen-bond acceptors (Lipinski definition) is 2. The first-order valence-electron chi connectivity index (χ1n) is 7.20. The van der Waals surface area contributed by atoms with Gasteiger partial charge in [0.1, 0.15) is 11.3 Å². The molecule has 0 aliphatic carbocycles. The van der Waals surface area contributed by atoms with Gasteiger partial charge in [-0.15, -0.1) is 0 Å². The Morgan fingerprint density at radius 3 is 2.73 bits per heavy atom. The van der Waals surface area contributed by atoms with Gasteiger partial charge in [0, 0.05) is 6.42 Å². The van der Waals surface area contributed by atoms with Crippen LogP contribution in [0, 0.1) is 13.8 Å². The fraction of sp³-hybridized carbons (Fsp3) is 0.294. The summed E-state index contributed by atoms with van der Waals surface area (Å²) in [5.41, 5.74) is 5.44. The Balaban J connectivity index is 2.09. The van der Waals surface area contributed by atoms with Gasteiger partial charge in [-0.05, 0) is 49.6 Å². The molecule has 0 amide bonds. The average molecular weight is 318 g/mol. The normalized spacial score (nSPS) is 12.8. The van der Waals surface area contributed by atoms with E-state index in [2.05, 4.69) is 10.1 Å². The number of halogens is 2. The quantitative estimate of drug-likeness (QED) is 0.705. The Kier molecular flexibility index (Phi) is 3.87. The maximum absolute atomic E-state index is 13.7. The number of imidazole rings is 1. The second kappa shape index (κ2) is 5.69. The van der Waals surface area contributed by atoms with E-state index in [1.165, 1.54) is 0 Å². The summed E-state index contributed by atoms with van der Waals surface area (Å²) in [5.74, 6) is 0. The smallest absolute Gasteiger partial charge is 0.154 e. The molecule has 0 N–H and O–H groups in total. The third-order valence-corrected chi connectivity index (χ3v) is 4.21. The molecule has 22 heavy (non-hydrogen) atoms. The highest BCUT2D eigenvalue weighted by Crippen LogP contribution is 2.26. The minimum Gasteiger partial charge on any atom is -0.243 e. The van der Waals surface area contributed by atoms with Gasteiger partial charge < -0.3 is 0 Å². The van der Waals surface area contributed by atoms with Crippen molar-refractivity contribution >= 4 is 17.2 Å². The van der Waals surface area contributed by atoms with E-state index >= 15 is 0 Å². The van der Waals surface area contributed by atoms with Gasteiger partial charge in [-0.1, -0.05) is 29.8 Å². The Bertz CT molecular complexity index is 839. The van der Waals surface area contributed by atoms with Crippen molar-refractivity contribution in [3.8, 4) is 0 Å². The van der Waals surface area contributed by atoms with Gasteiger partial charge in [-0.2, -0.15) is 5.10 Å². The molecule has 1 unspecified atom stereocenters. The zero-order valence-electron chi connectivity index (χ0n) is 12.8. The predicted octanol–water partition coefficient (Wildman–Crippen LogP) is 4.62. The standard InChI is InChI=1S/C17H17ClFN3/c1-10-13(5-4-6-14(10)11(2)19)9-15-12(3)20-17-8-7-16(18)21-22(15)17/h4-8,11H,9H2,1-3H3. The van der Waals surface area contributed by atoms with Crippen molar-refractivity contribution in [2.75, 3.05) is 0 Å². The molecule has 0 aliphatic rings. The van der Waals surface area contributed by atoms with E-state index in [1.54, 1.807) is 17.5 Å². The van der Waals surface area contributed by atoms with E-state index in [0.29, 0.717) is 11.6 Å². The molecule has 0 saturated heterocycles. The Labute approximate surface area is 133 Å². The number of aromatic nitrogens is 3. The lowest BCUT2D eigenvalue weighted by Crippen LogP contribution is -2.03. The first-order valence-corrected chi connectivity index (χ1v) is 7.58. The van der Waals surface area contributed by atoms with Gasteiger partial charge in [0.05, 0.1) is 11.4 Å². The summed E-state index contributed by atoms with van der Waals surface area (Å²) in [7, 11) is 0. The summed E-state index contributed by atoms with van der Waals surface area (Å²) in [4.78, 5) is 4.51. The fourth-order valence-corrected chi connectivity index (χ4v) is 2.91. The van der Waals surface area contributed by atoms with Crippen molar-refractivity contribution in [2.45, 2.75) is 33.4 Å². The number of alkyl halides is 1. The molecule has 2 heterocycles. The number of fused-ring (bicyclic) bond motifs is 1. The lowest BCUT2D eigenvalue weighted by molar-refractivity contribution is 0.372. The van der Waals surface area contributed by atoms with Crippen LogP contribution in [0.5, 0.6) is 0 Å². The number of aryl methyl sites for hydroxylation is 1. The van der Waals surface area contributed by atoms with Gasteiger partial charge >= 0.3 is 0 Å². The average Bonchev–Trinajstić information content (AvgIpc) is 2.76. The van der Waals surface area contributed by atoms with E-state index in [4.69, 9.17) is 11.6 Å². The summed E-state index contributed by atoms with van der Waals surface area (Å²) in [6.07, 6.45) is -0.331. The highest BCUT2D eigenvalue weighted by atomic mass is 35.5. The second-order valence-corrected chi connectivity index (χ2v) is 5.88. The van der Waals surface area contributed by atoms with E-state index in [-0.39, 0.29) is 0 Å². The highest BCUT2D eigenvalue weighted by Gasteiger charge is 2.15. The van der Waals surface area contributed by atoms with Crippen molar-refractivity contribution in [3.63, 3.8) is 0 Å². The van der Waals surface area contributed by atoms with Crippen LogP contribution in [0.25, 0.3) is 5.65 Å². The number of nitrogens with zero attached hydrogens (tertiary/aromatic N) is 3. The van der Waals surface area contributed by atoms with Crippen molar-refractivity contribution in [1.29, 1.82) is 0 Å². The molecular formula is C17H17ClFN3. The first-order chi connectivity index (χ1) is 10.5. The third kappa shape index (κ3) is 2.59. The van der Waals surface area contributed by atoms with Crippen molar-refractivity contribution in [2.24, 2.45) is 0 Å². The summed E-state index contributed by atoms with van der Waals surface area (Å²) in [5, 5.41) is 4.75. The highest BCUT2D eigenvalue weighted by molar-refractivity contribution is 6.29. The van der Waals surface area contributed by atoms with Crippen LogP contribution < -0.4 is 0 Å². The molecule has 1 atom stereocenters. The molecule has 5 heteroatoms. The molecule has 3 rings (SSSR count). The van der Waals surface area contributed by atoms with Crippen LogP contribution in [-0.4, -0.2) is 14.6 Å². The molecule has 3 aromatic rings. The van der Waals surface area contributed by atoms with E-state index in [1.807, 2.05) is 38.1 Å². The molecular weight excluding hydrogens is 301 g/mol. The first kappa shape index (κ1) is 15.0. The van der Waals surface area contributed by atoms with Gasteiger partial charge in [-0.25, -0.2) is 13.9 Å². The maximum Gasteiger partial charge on any atom is 0.154 e. The van der Waals surface area contributed by atoms with E-state index in [0.717, 1.165) is 33.7 Å². The Hall–Kier alpha value is -1.94. The number of rotatable bonds is 3. The molecule has 2 aromatic heterocycles. The lowest BCUT2D eigenvalue weighted by atomic mass is 9.96. The molecule has 0 saturated carbocycles. The summed E-state index contributed by atoms with van der Waals surface area (Å²) < 4.78 is 15.5. The second-order valence-electron chi connectivity index (χ2n) is 5.49.